The average molecular weight is 412 g/mol. The van der Waals surface area contributed by atoms with E-state index in [2.05, 4.69) is 4.98 Å². The zero-order valence-corrected chi connectivity index (χ0v) is 15.1. The summed E-state index contributed by atoms with van der Waals surface area (Å²) in [6.45, 7) is 0.787. The molecule has 0 radical (unpaired) electrons. The van der Waals surface area contributed by atoms with E-state index in [1.807, 2.05) is 0 Å². The summed E-state index contributed by atoms with van der Waals surface area (Å²) in [6.07, 6.45) is -0.722. The number of methoxy groups -OCH3 is 1. The molecule has 8 nitrogen and oxygen atoms in total. The number of hydrogen-bond acceptors (Lipinski definition) is 6. The molecule has 1 aliphatic carbocycles. The van der Waals surface area contributed by atoms with Gasteiger partial charge in [0.25, 0.3) is 0 Å². The van der Waals surface area contributed by atoms with E-state index < -0.39 is 22.2 Å². The molecule has 1 aliphatic heterocycles. The Morgan fingerprint density at radius 1 is 1.41 bits per heavy atom. The Labute approximate surface area is 153 Å². The van der Waals surface area contributed by atoms with Gasteiger partial charge in [0.05, 0.1) is 18.8 Å². The molecular formula is C15H19F3N2O6S. The number of sulfonamides is 1. The van der Waals surface area contributed by atoms with Crippen LogP contribution in [0.3, 0.4) is 0 Å². The number of aliphatic carboxylic acids is 1. The predicted octanol–water partition coefficient (Wildman–Crippen LogP) is 1.28. The lowest BCUT2D eigenvalue weighted by atomic mass is 10.2. The SMILES string of the molecule is CO[C@H]1CC[C@H]2[C@H]1OCCN2S(=O)(=O)c1cccnc1.O=C(O)C(F)(F)F. The summed E-state index contributed by atoms with van der Waals surface area (Å²) in [6, 6.07) is 3.08. The highest BCUT2D eigenvalue weighted by Crippen LogP contribution is 2.34. The van der Waals surface area contributed by atoms with Gasteiger partial charge in [-0.05, 0) is 25.0 Å². The Hall–Kier alpha value is -1.76. The Morgan fingerprint density at radius 2 is 2.07 bits per heavy atom. The van der Waals surface area contributed by atoms with Crippen LogP contribution in [0.15, 0.2) is 29.4 Å². The highest BCUT2D eigenvalue weighted by atomic mass is 32.2. The van der Waals surface area contributed by atoms with Crippen molar-refractivity contribution in [1.82, 2.24) is 9.29 Å². The van der Waals surface area contributed by atoms with Crippen LogP contribution in [0.25, 0.3) is 0 Å². The molecule has 3 rings (SSSR count). The van der Waals surface area contributed by atoms with E-state index >= 15 is 0 Å². The lowest BCUT2D eigenvalue weighted by Gasteiger charge is -2.37. The summed E-state index contributed by atoms with van der Waals surface area (Å²) < 4.78 is 69.8. The van der Waals surface area contributed by atoms with Gasteiger partial charge in [0.15, 0.2) is 0 Å². The molecule has 1 saturated heterocycles. The molecule has 2 fully saturated rings. The minimum atomic E-state index is -5.08. The van der Waals surface area contributed by atoms with Crippen molar-refractivity contribution in [2.45, 2.75) is 42.2 Å². The first-order valence-corrected chi connectivity index (χ1v) is 9.39. The van der Waals surface area contributed by atoms with Crippen molar-refractivity contribution >= 4 is 16.0 Å². The molecule has 0 bridgehead atoms. The lowest BCUT2D eigenvalue weighted by molar-refractivity contribution is -0.192. The van der Waals surface area contributed by atoms with Gasteiger partial charge in [0, 0.05) is 26.0 Å². The fourth-order valence-corrected chi connectivity index (χ4v) is 4.68. The number of nitrogens with zero attached hydrogens (tertiary/aromatic N) is 2. The molecule has 3 atom stereocenters. The molecule has 12 heteroatoms. The quantitative estimate of drug-likeness (QED) is 0.797. The number of carboxylic acids is 1. The summed E-state index contributed by atoms with van der Waals surface area (Å²) in [7, 11) is -1.87. The fourth-order valence-electron chi connectivity index (χ4n) is 3.07. The minimum absolute atomic E-state index is 0.0214. The van der Waals surface area contributed by atoms with Crippen LogP contribution < -0.4 is 0 Å². The third kappa shape index (κ3) is 4.94. The second-order valence-corrected chi connectivity index (χ2v) is 7.75. The molecule has 1 aromatic heterocycles. The van der Waals surface area contributed by atoms with Crippen molar-refractivity contribution in [1.29, 1.82) is 0 Å². The third-order valence-electron chi connectivity index (χ3n) is 4.27. The Balaban J connectivity index is 0.000000321. The summed E-state index contributed by atoms with van der Waals surface area (Å²) in [4.78, 5) is 13.0. The molecule has 2 heterocycles. The predicted molar refractivity (Wildman–Crippen MR) is 85.4 cm³/mol. The average Bonchev–Trinajstić information content (AvgIpc) is 3.05. The maximum absolute atomic E-state index is 12.7. The van der Waals surface area contributed by atoms with Gasteiger partial charge in [-0.25, -0.2) is 13.2 Å². The molecule has 152 valence electrons. The molecular weight excluding hydrogens is 393 g/mol. The number of alkyl halides is 3. The summed E-state index contributed by atoms with van der Waals surface area (Å²) in [5.74, 6) is -2.76. The first kappa shape index (κ1) is 21.5. The van der Waals surface area contributed by atoms with E-state index in [1.165, 1.54) is 6.20 Å². The molecule has 0 aromatic carbocycles. The van der Waals surface area contributed by atoms with Gasteiger partial charge in [-0.2, -0.15) is 17.5 Å². The number of ether oxygens (including phenoxy) is 2. The van der Waals surface area contributed by atoms with Gasteiger partial charge in [-0.1, -0.05) is 0 Å². The van der Waals surface area contributed by atoms with Gasteiger partial charge in [0.2, 0.25) is 10.0 Å². The number of halogens is 3. The molecule has 0 spiro atoms. The first-order chi connectivity index (χ1) is 12.6. The van der Waals surface area contributed by atoms with Crippen LogP contribution in [0, 0.1) is 0 Å². The largest absolute Gasteiger partial charge is 0.490 e. The van der Waals surface area contributed by atoms with Crippen molar-refractivity contribution in [3.05, 3.63) is 24.5 Å². The number of fused-ring (bicyclic) bond motifs is 1. The second kappa shape index (κ2) is 8.50. The Kier molecular flexibility index (Phi) is 6.78. The number of morpholine rings is 1. The van der Waals surface area contributed by atoms with E-state index in [-0.39, 0.29) is 23.1 Å². The van der Waals surface area contributed by atoms with E-state index in [0.717, 1.165) is 12.8 Å². The van der Waals surface area contributed by atoms with Crippen molar-refractivity contribution in [3.8, 4) is 0 Å². The number of aromatic nitrogens is 1. The van der Waals surface area contributed by atoms with Crippen molar-refractivity contribution in [2.24, 2.45) is 0 Å². The number of pyridine rings is 1. The Bertz CT molecular complexity index is 744. The highest BCUT2D eigenvalue weighted by Gasteiger charge is 2.47. The third-order valence-corrected chi connectivity index (χ3v) is 6.18. The zero-order valence-electron chi connectivity index (χ0n) is 14.3. The maximum Gasteiger partial charge on any atom is 0.490 e. The van der Waals surface area contributed by atoms with Gasteiger partial charge in [0.1, 0.15) is 11.0 Å². The van der Waals surface area contributed by atoms with Crippen molar-refractivity contribution in [2.75, 3.05) is 20.3 Å². The summed E-state index contributed by atoms with van der Waals surface area (Å²) >= 11 is 0. The van der Waals surface area contributed by atoms with Crippen LogP contribution in [0.4, 0.5) is 13.2 Å². The first-order valence-electron chi connectivity index (χ1n) is 7.95. The van der Waals surface area contributed by atoms with E-state index in [4.69, 9.17) is 19.4 Å². The van der Waals surface area contributed by atoms with Gasteiger partial charge in [-0.3, -0.25) is 4.98 Å². The monoisotopic (exact) mass is 412 g/mol. The standard InChI is InChI=1S/C13H18N2O4S.C2HF3O2/c1-18-12-5-4-11-13(12)19-8-7-15(11)20(16,17)10-3-2-6-14-9-10;3-2(4,5)1(6)7/h2-3,6,9,11-13H,4-5,7-8H2,1H3;(H,6,7)/t11-,12-,13+;/m0./s1. The van der Waals surface area contributed by atoms with Crippen LogP contribution in [0.2, 0.25) is 0 Å². The van der Waals surface area contributed by atoms with Crippen LogP contribution >= 0.6 is 0 Å². The van der Waals surface area contributed by atoms with Crippen LogP contribution in [0.5, 0.6) is 0 Å². The maximum atomic E-state index is 12.7. The molecule has 1 saturated carbocycles. The van der Waals surface area contributed by atoms with Gasteiger partial charge in [-0.15, -0.1) is 0 Å². The lowest BCUT2D eigenvalue weighted by Crippen LogP contribution is -2.53. The molecule has 2 aliphatic rings. The minimum Gasteiger partial charge on any atom is -0.475 e. The molecule has 1 N–H and O–H groups in total. The van der Waals surface area contributed by atoms with E-state index in [1.54, 1.807) is 29.7 Å². The van der Waals surface area contributed by atoms with Crippen LogP contribution in [-0.4, -0.2) is 73.5 Å². The molecule has 0 amide bonds. The van der Waals surface area contributed by atoms with E-state index in [0.29, 0.717) is 13.2 Å². The number of carbonyl (C=O) groups is 1. The fraction of sp³-hybridized carbons (Fsp3) is 0.600. The van der Waals surface area contributed by atoms with Gasteiger partial charge >= 0.3 is 12.1 Å². The van der Waals surface area contributed by atoms with Crippen LogP contribution in [0.1, 0.15) is 12.8 Å². The normalized spacial score (nSPS) is 26.0. The summed E-state index contributed by atoms with van der Waals surface area (Å²) in [5, 5.41) is 7.12. The van der Waals surface area contributed by atoms with Crippen LogP contribution in [-0.2, 0) is 24.3 Å². The van der Waals surface area contributed by atoms with Crippen molar-refractivity contribution < 1.29 is 41.0 Å². The topological polar surface area (TPSA) is 106 Å². The number of carboxylic acid groups (broad SMARTS) is 1. The molecule has 0 unspecified atom stereocenters. The van der Waals surface area contributed by atoms with Gasteiger partial charge < -0.3 is 14.6 Å². The highest BCUT2D eigenvalue weighted by molar-refractivity contribution is 7.89. The summed E-state index contributed by atoms with van der Waals surface area (Å²) in [5.41, 5.74) is 0. The Morgan fingerprint density at radius 3 is 2.59 bits per heavy atom. The molecule has 27 heavy (non-hydrogen) atoms. The van der Waals surface area contributed by atoms with E-state index in [9.17, 15) is 21.6 Å². The molecule has 1 aromatic rings. The smallest absolute Gasteiger partial charge is 0.475 e. The second-order valence-electron chi connectivity index (χ2n) is 5.86. The number of hydrogen-bond donors (Lipinski definition) is 1. The van der Waals surface area contributed by atoms with Crippen molar-refractivity contribution in [3.63, 3.8) is 0 Å². The zero-order chi connectivity index (χ0) is 20.2. The number of rotatable bonds is 3.